The van der Waals surface area contributed by atoms with E-state index in [2.05, 4.69) is 26.0 Å². The number of aliphatic carboxylic acids is 1. The number of aryl methyl sites for hydroxylation is 2. The lowest BCUT2D eigenvalue weighted by atomic mass is 9.93. The van der Waals surface area contributed by atoms with E-state index in [1.54, 1.807) is 0 Å². The van der Waals surface area contributed by atoms with Gasteiger partial charge in [0.05, 0.1) is 6.42 Å². The Hall–Kier alpha value is -1.31. The number of carboxylic acids is 1. The summed E-state index contributed by atoms with van der Waals surface area (Å²) in [6.45, 7) is 8.25. The highest BCUT2D eigenvalue weighted by atomic mass is 16.4. The van der Waals surface area contributed by atoms with Crippen molar-refractivity contribution in [1.82, 2.24) is 0 Å². The first-order chi connectivity index (χ1) is 6.91. The Bertz CT molecular complexity index is 355. The van der Waals surface area contributed by atoms with E-state index >= 15 is 0 Å². The lowest BCUT2D eigenvalue weighted by Gasteiger charge is -2.13. The summed E-state index contributed by atoms with van der Waals surface area (Å²) in [5, 5.41) is 8.79. The average Bonchev–Trinajstić information content (AvgIpc) is 2.10. The molecule has 1 N–H and O–H groups in total. The molecule has 0 saturated carbocycles. The molecule has 2 nitrogen and oxygen atoms in total. The van der Waals surface area contributed by atoms with Gasteiger partial charge in [-0.05, 0) is 42.0 Å². The van der Waals surface area contributed by atoms with Crippen molar-refractivity contribution in [3.05, 3.63) is 34.4 Å². The summed E-state index contributed by atoms with van der Waals surface area (Å²) in [5.41, 5.74) is 4.40. The lowest BCUT2D eigenvalue weighted by Crippen LogP contribution is -2.05. The molecule has 0 aromatic heterocycles. The van der Waals surface area contributed by atoms with Crippen molar-refractivity contribution in [2.24, 2.45) is 0 Å². The summed E-state index contributed by atoms with van der Waals surface area (Å²) in [7, 11) is 0. The van der Waals surface area contributed by atoms with E-state index < -0.39 is 5.97 Å². The van der Waals surface area contributed by atoms with Crippen molar-refractivity contribution < 1.29 is 9.90 Å². The lowest BCUT2D eigenvalue weighted by molar-refractivity contribution is -0.136. The van der Waals surface area contributed by atoms with Crippen LogP contribution in [0.2, 0.25) is 0 Å². The number of hydrogen-bond acceptors (Lipinski definition) is 1. The second kappa shape index (κ2) is 4.47. The standard InChI is InChI=1S/C13H18O2/c1-8(2)11-5-9(3)12(7-13(14)15)10(4)6-11/h5-6,8H,7H2,1-4H3,(H,14,15). The number of benzene rings is 1. The summed E-state index contributed by atoms with van der Waals surface area (Å²) in [4.78, 5) is 10.7. The molecule has 0 amide bonds. The molecule has 0 aliphatic carbocycles. The third-order valence-corrected chi connectivity index (χ3v) is 2.71. The van der Waals surface area contributed by atoms with Gasteiger partial charge in [0.2, 0.25) is 0 Å². The van der Waals surface area contributed by atoms with Crippen LogP contribution in [0, 0.1) is 13.8 Å². The van der Waals surface area contributed by atoms with Crippen LogP contribution in [0.25, 0.3) is 0 Å². The van der Waals surface area contributed by atoms with Gasteiger partial charge in [-0.2, -0.15) is 0 Å². The minimum atomic E-state index is -0.765. The van der Waals surface area contributed by atoms with Crippen LogP contribution < -0.4 is 0 Å². The smallest absolute Gasteiger partial charge is 0.307 e. The highest BCUT2D eigenvalue weighted by molar-refractivity contribution is 5.71. The molecule has 0 saturated heterocycles. The zero-order chi connectivity index (χ0) is 11.6. The minimum Gasteiger partial charge on any atom is -0.481 e. The monoisotopic (exact) mass is 206 g/mol. The fraction of sp³-hybridized carbons (Fsp3) is 0.462. The van der Waals surface area contributed by atoms with Gasteiger partial charge in [0, 0.05) is 0 Å². The van der Waals surface area contributed by atoms with E-state index in [-0.39, 0.29) is 6.42 Å². The van der Waals surface area contributed by atoms with E-state index in [1.165, 1.54) is 5.56 Å². The highest BCUT2D eigenvalue weighted by Crippen LogP contribution is 2.22. The summed E-state index contributed by atoms with van der Waals surface area (Å²) in [6, 6.07) is 4.19. The SMILES string of the molecule is Cc1cc(C(C)C)cc(C)c1CC(=O)O. The summed E-state index contributed by atoms with van der Waals surface area (Å²) >= 11 is 0. The van der Waals surface area contributed by atoms with Gasteiger partial charge < -0.3 is 5.11 Å². The van der Waals surface area contributed by atoms with E-state index in [1.807, 2.05) is 13.8 Å². The molecular weight excluding hydrogens is 188 g/mol. The molecule has 0 radical (unpaired) electrons. The van der Waals surface area contributed by atoms with Crippen LogP contribution in [-0.2, 0) is 11.2 Å². The van der Waals surface area contributed by atoms with Gasteiger partial charge in [-0.3, -0.25) is 4.79 Å². The largest absolute Gasteiger partial charge is 0.481 e. The number of rotatable bonds is 3. The van der Waals surface area contributed by atoms with Crippen molar-refractivity contribution in [1.29, 1.82) is 0 Å². The van der Waals surface area contributed by atoms with Crippen LogP contribution in [-0.4, -0.2) is 11.1 Å². The van der Waals surface area contributed by atoms with Gasteiger partial charge in [-0.25, -0.2) is 0 Å². The van der Waals surface area contributed by atoms with Crippen LogP contribution in [0.4, 0.5) is 0 Å². The van der Waals surface area contributed by atoms with Crippen molar-refractivity contribution in [3.8, 4) is 0 Å². The summed E-state index contributed by atoms with van der Waals surface area (Å²) < 4.78 is 0. The number of carbonyl (C=O) groups is 1. The fourth-order valence-electron chi connectivity index (χ4n) is 1.79. The fourth-order valence-corrected chi connectivity index (χ4v) is 1.79. The molecule has 2 heteroatoms. The highest BCUT2D eigenvalue weighted by Gasteiger charge is 2.10. The van der Waals surface area contributed by atoms with E-state index in [9.17, 15) is 4.79 Å². The third kappa shape index (κ3) is 2.82. The zero-order valence-corrected chi connectivity index (χ0v) is 9.79. The first kappa shape index (κ1) is 11.8. The van der Waals surface area contributed by atoms with Gasteiger partial charge in [-0.15, -0.1) is 0 Å². The Balaban J connectivity index is 3.15. The van der Waals surface area contributed by atoms with Gasteiger partial charge in [0.25, 0.3) is 0 Å². The first-order valence-corrected chi connectivity index (χ1v) is 5.23. The molecule has 0 heterocycles. The van der Waals surface area contributed by atoms with Gasteiger partial charge in [0.1, 0.15) is 0 Å². The summed E-state index contributed by atoms with van der Waals surface area (Å²) in [6.07, 6.45) is 0.121. The van der Waals surface area contributed by atoms with Gasteiger partial charge in [0.15, 0.2) is 0 Å². The molecule has 0 spiro atoms. The Morgan fingerprint density at radius 3 is 2.07 bits per heavy atom. The first-order valence-electron chi connectivity index (χ1n) is 5.23. The van der Waals surface area contributed by atoms with Crippen LogP contribution in [0.5, 0.6) is 0 Å². The molecule has 0 fully saturated rings. The predicted octanol–water partition coefficient (Wildman–Crippen LogP) is 3.05. The van der Waals surface area contributed by atoms with Crippen molar-refractivity contribution in [3.63, 3.8) is 0 Å². The average molecular weight is 206 g/mol. The molecule has 1 rings (SSSR count). The maximum atomic E-state index is 10.7. The quantitative estimate of drug-likeness (QED) is 0.825. The Morgan fingerprint density at radius 2 is 1.73 bits per heavy atom. The zero-order valence-electron chi connectivity index (χ0n) is 9.79. The molecule has 1 aromatic carbocycles. The Morgan fingerprint density at radius 1 is 1.27 bits per heavy atom. The molecule has 82 valence electrons. The molecule has 15 heavy (non-hydrogen) atoms. The molecule has 0 atom stereocenters. The van der Waals surface area contributed by atoms with E-state index in [4.69, 9.17) is 5.11 Å². The molecule has 0 unspecified atom stereocenters. The van der Waals surface area contributed by atoms with Crippen LogP contribution in [0.1, 0.15) is 42.0 Å². The number of carboxylic acid groups (broad SMARTS) is 1. The maximum Gasteiger partial charge on any atom is 0.307 e. The predicted molar refractivity (Wildman–Crippen MR) is 61.3 cm³/mol. The normalized spacial score (nSPS) is 10.7. The van der Waals surface area contributed by atoms with Gasteiger partial charge in [-0.1, -0.05) is 26.0 Å². The molecule has 0 aliphatic heterocycles. The van der Waals surface area contributed by atoms with Crippen LogP contribution in [0.3, 0.4) is 0 Å². The minimum absolute atomic E-state index is 0.121. The molecule has 0 aliphatic rings. The summed E-state index contributed by atoms with van der Waals surface area (Å²) in [5.74, 6) is -0.278. The van der Waals surface area contributed by atoms with Crippen molar-refractivity contribution >= 4 is 5.97 Å². The van der Waals surface area contributed by atoms with Crippen molar-refractivity contribution in [2.45, 2.75) is 40.0 Å². The Kier molecular flexibility index (Phi) is 3.51. The van der Waals surface area contributed by atoms with Crippen LogP contribution >= 0.6 is 0 Å². The van der Waals surface area contributed by atoms with E-state index in [0.29, 0.717) is 5.92 Å². The maximum absolute atomic E-state index is 10.7. The third-order valence-electron chi connectivity index (χ3n) is 2.71. The molecule has 1 aromatic rings. The molecule has 0 bridgehead atoms. The van der Waals surface area contributed by atoms with Crippen molar-refractivity contribution in [2.75, 3.05) is 0 Å². The number of hydrogen-bond donors (Lipinski definition) is 1. The topological polar surface area (TPSA) is 37.3 Å². The van der Waals surface area contributed by atoms with Crippen LogP contribution in [0.15, 0.2) is 12.1 Å². The Labute approximate surface area is 90.9 Å². The second-order valence-corrected chi connectivity index (χ2v) is 4.36. The molecular formula is C13H18O2. The van der Waals surface area contributed by atoms with Gasteiger partial charge >= 0.3 is 5.97 Å². The van der Waals surface area contributed by atoms with E-state index in [0.717, 1.165) is 16.7 Å². The second-order valence-electron chi connectivity index (χ2n) is 4.36.